The van der Waals surface area contributed by atoms with Gasteiger partial charge in [0, 0.05) is 35.2 Å². The maximum atomic E-state index is 12.9. The number of rotatable bonds is 4. The summed E-state index contributed by atoms with van der Waals surface area (Å²) in [6, 6.07) is 10.3. The van der Waals surface area contributed by atoms with E-state index in [4.69, 9.17) is 9.47 Å². The van der Waals surface area contributed by atoms with Crippen LogP contribution < -0.4 is 14.8 Å². The monoisotopic (exact) mass is 480 g/mol. The van der Waals surface area contributed by atoms with Crippen molar-refractivity contribution in [3.05, 3.63) is 46.4 Å². The Morgan fingerprint density at radius 1 is 1.10 bits per heavy atom. The second-order valence-corrected chi connectivity index (χ2v) is 9.94. The number of carbonyl (C=O) groups excluding carboxylic acids is 1. The summed E-state index contributed by atoms with van der Waals surface area (Å²) in [5, 5.41) is 2.89. The smallest absolute Gasteiger partial charge is 0.243 e. The lowest BCUT2D eigenvalue weighted by Crippen LogP contribution is -2.41. The van der Waals surface area contributed by atoms with Crippen molar-refractivity contribution in [2.45, 2.75) is 24.7 Å². The van der Waals surface area contributed by atoms with Gasteiger partial charge >= 0.3 is 0 Å². The van der Waals surface area contributed by atoms with Crippen molar-refractivity contribution in [3.63, 3.8) is 0 Å². The number of fused-ring (bicyclic) bond motifs is 1. The second kappa shape index (κ2) is 7.97. The van der Waals surface area contributed by atoms with E-state index in [-0.39, 0.29) is 23.5 Å². The third kappa shape index (κ3) is 4.12. The molecule has 0 atom stereocenters. The molecule has 2 aromatic carbocycles. The number of hydrogen-bond donors (Lipinski definition) is 1. The van der Waals surface area contributed by atoms with Gasteiger partial charge in [-0.2, -0.15) is 4.31 Å². The van der Waals surface area contributed by atoms with Crippen molar-refractivity contribution >= 4 is 37.5 Å². The van der Waals surface area contributed by atoms with Gasteiger partial charge in [-0.1, -0.05) is 15.9 Å². The van der Waals surface area contributed by atoms with Crippen LogP contribution in [0.1, 0.15) is 18.4 Å². The molecule has 1 saturated heterocycles. The number of piperidine rings is 1. The number of nitrogens with one attached hydrogen (secondary N) is 1. The Labute approximate surface area is 178 Å². The van der Waals surface area contributed by atoms with Gasteiger partial charge in [0.05, 0.1) is 4.90 Å². The van der Waals surface area contributed by atoms with Crippen LogP contribution in [0.25, 0.3) is 0 Å². The van der Waals surface area contributed by atoms with Gasteiger partial charge in [0.25, 0.3) is 0 Å². The molecule has 0 aliphatic carbocycles. The molecule has 7 nitrogen and oxygen atoms in total. The Hall–Kier alpha value is -2.10. The molecule has 2 aliphatic rings. The zero-order chi connectivity index (χ0) is 20.6. The van der Waals surface area contributed by atoms with Gasteiger partial charge in [0.1, 0.15) is 0 Å². The normalized spacial score (nSPS) is 17.3. The Kier molecular flexibility index (Phi) is 5.54. The molecule has 0 spiro atoms. The first-order chi connectivity index (χ1) is 13.8. The van der Waals surface area contributed by atoms with E-state index in [1.54, 1.807) is 36.4 Å². The Balaban J connectivity index is 1.38. The molecule has 29 heavy (non-hydrogen) atoms. The van der Waals surface area contributed by atoms with Crippen molar-refractivity contribution < 1.29 is 22.7 Å². The summed E-state index contributed by atoms with van der Waals surface area (Å²) in [5.41, 5.74) is 1.50. The lowest BCUT2D eigenvalue weighted by molar-refractivity contribution is -0.120. The number of benzene rings is 2. The van der Waals surface area contributed by atoms with Crippen molar-refractivity contribution in [1.82, 2.24) is 4.31 Å². The van der Waals surface area contributed by atoms with E-state index in [9.17, 15) is 13.2 Å². The van der Waals surface area contributed by atoms with Crippen LogP contribution >= 0.6 is 15.9 Å². The summed E-state index contributed by atoms with van der Waals surface area (Å²) in [6.45, 7) is 2.67. The summed E-state index contributed by atoms with van der Waals surface area (Å²) < 4.78 is 38.7. The molecule has 9 heteroatoms. The molecule has 1 N–H and O–H groups in total. The topological polar surface area (TPSA) is 84.9 Å². The fourth-order valence-corrected chi connectivity index (χ4v) is 5.31. The summed E-state index contributed by atoms with van der Waals surface area (Å²) in [7, 11) is -3.57. The molecule has 4 rings (SSSR count). The molecular formula is C20H21BrN2O5S. The minimum atomic E-state index is -3.57. The number of ether oxygens (including phenoxy) is 2. The molecule has 2 heterocycles. The first-order valence-corrected chi connectivity index (χ1v) is 11.5. The lowest BCUT2D eigenvalue weighted by Gasteiger charge is -2.30. The zero-order valence-corrected chi connectivity index (χ0v) is 18.3. The van der Waals surface area contributed by atoms with E-state index in [1.807, 2.05) is 6.92 Å². The summed E-state index contributed by atoms with van der Waals surface area (Å²) >= 11 is 3.39. The molecule has 1 fully saturated rings. The maximum Gasteiger partial charge on any atom is 0.243 e. The molecule has 2 aromatic rings. The third-order valence-electron chi connectivity index (χ3n) is 5.23. The largest absolute Gasteiger partial charge is 0.454 e. The fraction of sp³-hybridized carbons (Fsp3) is 0.350. The van der Waals surface area contributed by atoms with E-state index >= 15 is 0 Å². The quantitative estimate of drug-likeness (QED) is 0.723. The van der Waals surface area contributed by atoms with Crippen LogP contribution in [-0.4, -0.2) is 38.5 Å². The molecule has 0 saturated carbocycles. The number of amides is 1. The minimum absolute atomic E-state index is 0.111. The predicted octanol–water partition coefficient (Wildman–Crippen LogP) is 3.53. The first-order valence-electron chi connectivity index (χ1n) is 9.31. The standard InChI is InChI=1S/C20H21BrN2O5S/c1-13-10-16(3-4-17(13)21)29(25,26)23-8-6-14(7-9-23)20(24)22-15-2-5-18-19(11-15)28-12-27-18/h2-5,10-11,14H,6-9,12H2,1H3,(H,22,24). The number of halogens is 1. The summed E-state index contributed by atoms with van der Waals surface area (Å²) in [5.74, 6) is 0.914. The van der Waals surface area contributed by atoms with Gasteiger partial charge < -0.3 is 14.8 Å². The van der Waals surface area contributed by atoms with Crippen LogP contribution in [0.5, 0.6) is 11.5 Å². The van der Waals surface area contributed by atoms with Crippen LogP contribution in [0.4, 0.5) is 5.69 Å². The number of hydrogen-bond acceptors (Lipinski definition) is 5. The zero-order valence-electron chi connectivity index (χ0n) is 15.9. The average molecular weight is 481 g/mol. The number of sulfonamides is 1. The molecule has 2 aliphatic heterocycles. The van der Waals surface area contributed by atoms with Crippen LogP contribution in [0.15, 0.2) is 45.8 Å². The Bertz CT molecular complexity index is 1050. The summed E-state index contributed by atoms with van der Waals surface area (Å²) in [4.78, 5) is 12.9. The molecule has 0 radical (unpaired) electrons. The first kappa shape index (κ1) is 20.2. The molecule has 0 bridgehead atoms. The van der Waals surface area contributed by atoms with E-state index in [0.29, 0.717) is 43.1 Å². The van der Waals surface area contributed by atoms with Crippen molar-refractivity contribution in [1.29, 1.82) is 0 Å². The molecule has 154 valence electrons. The number of aryl methyl sites for hydroxylation is 1. The molecule has 0 aromatic heterocycles. The lowest BCUT2D eigenvalue weighted by atomic mass is 9.97. The van der Waals surface area contributed by atoms with Crippen molar-refractivity contribution in [3.8, 4) is 11.5 Å². The highest BCUT2D eigenvalue weighted by molar-refractivity contribution is 9.10. The fourth-order valence-electron chi connectivity index (χ4n) is 3.50. The average Bonchev–Trinajstić information content (AvgIpc) is 3.18. The van der Waals surface area contributed by atoms with Gasteiger partial charge in [-0.05, 0) is 55.7 Å². The SMILES string of the molecule is Cc1cc(S(=O)(=O)N2CCC(C(=O)Nc3ccc4c(c3)OCO4)CC2)ccc1Br. The third-order valence-corrected chi connectivity index (χ3v) is 8.02. The van der Waals surface area contributed by atoms with Crippen molar-refractivity contribution in [2.24, 2.45) is 5.92 Å². The van der Waals surface area contributed by atoms with Crippen LogP contribution in [0.3, 0.4) is 0 Å². The van der Waals surface area contributed by atoms with Gasteiger partial charge in [-0.3, -0.25) is 4.79 Å². The highest BCUT2D eigenvalue weighted by atomic mass is 79.9. The molecule has 1 amide bonds. The maximum absolute atomic E-state index is 12.9. The number of anilines is 1. The summed E-state index contributed by atoms with van der Waals surface area (Å²) in [6.07, 6.45) is 0.955. The number of nitrogens with zero attached hydrogens (tertiary/aromatic N) is 1. The van der Waals surface area contributed by atoms with Crippen LogP contribution in [0.2, 0.25) is 0 Å². The minimum Gasteiger partial charge on any atom is -0.454 e. The van der Waals surface area contributed by atoms with E-state index in [2.05, 4.69) is 21.2 Å². The number of carbonyl (C=O) groups is 1. The second-order valence-electron chi connectivity index (χ2n) is 7.15. The molecule has 0 unspecified atom stereocenters. The Morgan fingerprint density at radius 2 is 1.83 bits per heavy atom. The van der Waals surface area contributed by atoms with E-state index in [1.165, 1.54) is 4.31 Å². The van der Waals surface area contributed by atoms with Crippen molar-refractivity contribution in [2.75, 3.05) is 25.2 Å². The van der Waals surface area contributed by atoms with E-state index < -0.39 is 10.0 Å². The van der Waals surface area contributed by atoms with Crippen LogP contribution in [0, 0.1) is 12.8 Å². The predicted molar refractivity (Wildman–Crippen MR) is 112 cm³/mol. The van der Waals surface area contributed by atoms with Gasteiger partial charge in [0.15, 0.2) is 11.5 Å². The molecular weight excluding hydrogens is 460 g/mol. The van der Waals surface area contributed by atoms with E-state index in [0.717, 1.165) is 10.0 Å². The van der Waals surface area contributed by atoms with Gasteiger partial charge in [-0.25, -0.2) is 8.42 Å². The highest BCUT2D eigenvalue weighted by Gasteiger charge is 2.32. The highest BCUT2D eigenvalue weighted by Crippen LogP contribution is 2.34. The van der Waals surface area contributed by atoms with Gasteiger partial charge in [-0.15, -0.1) is 0 Å². The Morgan fingerprint density at radius 3 is 2.55 bits per heavy atom. The van der Waals surface area contributed by atoms with Gasteiger partial charge in [0.2, 0.25) is 22.7 Å². The van der Waals surface area contributed by atoms with Crippen LogP contribution in [-0.2, 0) is 14.8 Å².